The van der Waals surface area contributed by atoms with Crippen LogP contribution in [-0.2, 0) is 42.9 Å². The lowest BCUT2D eigenvalue weighted by Crippen LogP contribution is -2.63. The second kappa shape index (κ2) is 12.8. The van der Waals surface area contributed by atoms with Crippen molar-refractivity contribution in [2.24, 2.45) is 0 Å². The molecule has 0 N–H and O–H groups in total. The Balaban J connectivity index is 1.66. The van der Waals surface area contributed by atoms with E-state index >= 15 is 0 Å². The Kier molecular flexibility index (Phi) is 9.23. The van der Waals surface area contributed by atoms with Crippen molar-refractivity contribution >= 4 is 29.7 Å². The van der Waals surface area contributed by atoms with Crippen LogP contribution in [0.1, 0.15) is 56.1 Å². The van der Waals surface area contributed by atoms with E-state index in [0.717, 1.165) is 26.3 Å². The molecular formula is C29H30O12. The minimum absolute atomic E-state index is 0.112. The number of ether oxygens (including phenoxy) is 7. The third kappa shape index (κ3) is 7.40. The molecule has 0 spiro atoms. The van der Waals surface area contributed by atoms with Crippen molar-refractivity contribution in [1.29, 1.82) is 0 Å². The second-order valence-corrected chi connectivity index (χ2v) is 9.49. The third-order valence-corrected chi connectivity index (χ3v) is 6.27. The molecule has 0 amide bonds. The van der Waals surface area contributed by atoms with Crippen LogP contribution in [0.15, 0.2) is 48.5 Å². The van der Waals surface area contributed by atoms with E-state index in [1.165, 1.54) is 19.1 Å². The van der Waals surface area contributed by atoms with Crippen molar-refractivity contribution in [3.8, 4) is 11.5 Å². The first kappa shape index (κ1) is 29.5. The maximum absolute atomic E-state index is 12.8. The molecule has 0 saturated carbocycles. The molecule has 2 aromatic carbocycles. The number of hydrogen-bond donors (Lipinski definition) is 0. The zero-order valence-corrected chi connectivity index (χ0v) is 22.9. The topological polar surface area (TPSA) is 150 Å². The Bertz CT molecular complexity index is 1310. The van der Waals surface area contributed by atoms with Crippen molar-refractivity contribution in [3.63, 3.8) is 0 Å². The summed E-state index contributed by atoms with van der Waals surface area (Å²) in [4.78, 5) is 60.4. The molecule has 2 heterocycles. The van der Waals surface area contributed by atoms with Gasteiger partial charge in [0.25, 0.3) is 0 Å². The molecule has 2 aromatic rings. The van der Waals surface area contributed by atoms with Gasteiger partial charge in [0.2, 0.25) is 12.4 Å². The highest BCUT2D eigenvalue weighted by Gasteiger charge is 2.53. The van der Waals surface area contributed by atoms with Crippen molar-refractivity contribution in [2.45, 2.75) is 70.9 Å². The van der Waals surface area contributed by atoms with E-state index in [1.807, 2.05) is 30.3 Å². The molecule has 2 aliphatic heterocycles. The number of carbonyl (C=O) groups is 5. The third-order valence-electron chi connectivity index (χ3n) is 6.27. The summed E-state index contributed by atoms with van der Waals surface area (Å²) in [5, 5.41) is 0. The predicted molar refractivity (Wildman–Crippen MR) is 138 cm³/mol. The summed E-state index contributed by atoms with van der Waals surface area (Å²) < 4.78 is 39.5. The van der Waals surface area contributed by atoms with Crippen LogP contribution in [0, 0.1) is 0 Å². The summed E-state index contributed by atoms with van der Waals surface area (Å²) in [7, 11) is 0. The normalized spacial score (nSPS) is 25.1. The first-order valence-electron chi connectivity index (χ1n) is 12.9. The van der Waals surface area contributed by atoms with Crippen LogP contribution in [-0.4, -0.2) is 67.0 Å². The van der Waals surface area contributed by atoms with E-state index in [2.05, 4.69) is 0 Å². The summed E-state index contributed by atoms with van der Waals surface area (Å²) in [6, 6.07) is 13.8. The molecule has 4 rings (SSSR count). The number of rotatable bonds is 8. The average molecular weight is 571 g/mol. The highest BCUT2D eigenvalue weighted by atomic mass is 16.7. The van der Waals surface area contributed by atoms with Crippen molar-refractivity contribution in [3.05, 3.63) is 59.7 Å². The van der Waals surface area contributed by atoms with Crippen LogP contribution < -0.4 is 9.47 Å². The SMILES string of the molecule is CC(=O)OC[C@H]1O[C@@H](Oc2ccc3c(c2)OC(c2ccccc2)CC3=O)[C@H](OC(C)=O)[C@@H](OC(C)=O)[C@@H]1OC(C)=O. The molecule has 1 saturated heterocycles. The van der Waals surface area contributed by atoms with E-state index in [0.29, 0.717) is 5.56 Å². The van der Waals surface area contributed by atoms with Crippen LogP contribution in [0.25, 0.3) is 0 Å². The van der Waals surface area contributed by atoms with Gasteiger partial charge in [-0.25, -0.2) is 0 Å². The average Bonchev–Trinajstić information content (AvgIpc) is 2.90. The van der Waals surface area contributed by atoms with Gasteiger partial charge in [0, 0.05) is 33.8 Å². The minimum Gasteiger partial charge on any atom is -0.484 e. The standard InChI is InChI=1S/C29H30O12/c1-15(30)35-14-25-26(36-16(2)31)27(37-17(3)32)28(38-18(4)33)29(41-25)39-20-10-11-21-22(34)13-23(40-24(21)12-20)19-8-6-5-7-9-19/h5-12,23,25-29H,13-14H2,1-4H3/t23?,25-,26-,27+,28-,29-/m1/s1. The maximum atomic E-state index is 12.8. The van der Waals surface area contributed by atoms with Gasteiger partial charge in [0.1, 0.15) is 30.3 Å². The largest absolute Gasteiger partial charge is 0.484 e. The van der Waals surface area contributed by atoms with E-state index < -0.39 is 67.3 Å². The maximum Gasteiger partial charge on any atom is 0.303 e. The summed E-state index contributed by atoms with van der Waals surface area (Å²) in [6.45, 7) is 4.19. The van der Waals surface area contributed by atoms with Gasteiger partial charge in [-0.15, -0.1) is 0 Å². The molecule has 12 heteroatoms. The lowest BCUT2D eigenvalue weighted by atomic mass is 9.96. The van der Waals surface area contributed by atoms with Crippen LogP contribution in [0.4, 0.5) is 0 Å². The summed E-state index contributed by atoms with van der Waals surface area (Å²) >= 11 is 0. The molecule has 218 valence electrons. The fraction of sp³-hybridized carbons (Fsp3) is 0.414. The Morgan fingerprint density at radius 1 is 0.805 bits per heavy atom. The summed E-state index contributed by atoms with van der Waals surface area (Å²) in [5.74, 6) is -2.56. The lowest BCUT2D eigenvalue weighted by Gasteiger charge is -2.44. The fourth-order valence-corrected chi connectivity index (χ4v) is 4.65. The Labute approximate surface area is 235 Å². The Morgan fingerprint density at radius 3 is 2.07 bits per heavy atom. The number of benzene rings is 2. The smallest absolute Gasteiger partial charge is 0.303 e. The molecule has 0 radical (unpaired) electrons. The van der Waals surface area contributed by atoms with Crippen LogP contribution >= 0.6 is 0 Å². The van der Waals surface area contributed by atoms with Gasteiger partial charge in [-0.2, -0.15) is 0 Å². The van der Waals surface area contributed by atoms with Crippen LogP contribution in [0.5, 0.6) is 11.5 Å². The zero-order valence-electron chi connectivity index (χ0n) is 22.9. The molecule has 41 heavy (non-hydrogen) atoms. The number of carbonyl (C=O) groups excluding carboxylic acids is 5. The first-order valence-corrected chi connectivity index (χ1v) is 12.9. The Hall–Kier alpha value is -4.45. The number of ketones is 1. The molecule has 2 aliphatic rings. The van der Waals surface area contributed by atoms with E-state index in [1.54, 1.807) is 6.07 Å². The minimum atomic E-state index is -1.42. The second-order valence-electron chi connectivity index (χ2n) is 9.49. The van der Waals surface area contributed by atoms with Gasteiger partial charge < -0.3 is 33.2 Å². The molecule has 0 bridgehead atoms. The van der Waals surface area contributed by atoms with Crippen molar-refractivity contribution in [2.75, 3.05) is 6.61 Å². The molecule has 6 atom stereocenters. The van der Waals surface area contributed by atoms with E-state index in [-0.39, 0.29) is 23.7 Å². The summed E-state index contributed by atoms with van der Waals surface area (Å²) in [5.41, 5.74) is 1.20. The molecule has 12 nitrogen and oxygen atoms in total. The number of fused-ring (bicyclic) bond motifs is 1. The Morgan fingerprint density at radius 2 is 1.44 bits per heavy atom. The van der Waals surface area contributed by atoms with Crippen LogP contribution in [0.3, 0.4) is 0 Å². The summed E-state index contributed by atoms with van der Waals surface area (Å²) in [6.07, 6.45) is -7.01. The first-order chi connectivity index (χ1) is 19.5. The quantitative estimate of drug-likeness (QED) is 0.339. The van der Waals surface area contributed by atoms with Gasteiger partial charge in [-0.3, -0.25) is 24.0 Å². The zero-order chi connectivity index (χ0) is 29.7. The van der Waals surface area contributed by atoms with Crippen LogP contribution in [0.2, 0.25) is 0 Å². The highest BCUT2D eigenvalue weighted by molar-refractivity contribution is 6.00. The van der Waals surface area contributed by atoms with E-state index in [9.17, 15) is 24.0 Å². The van der Waals surface area contributed by atoms with Gasteiger partial charge in [0.15, 0.2) is 18.0 Å². The monoisotopic (exact) mass is 570 g/mol. The van der Waals surface area contributed by atoms with Gasteiger partial charge in [0.05, 0.1) is 12.0 Å². The molecule has 1 unspecified atom stereocenters. The molecule has 0 aromatic heterocycles. The molecule has 1 fully saturated rings. The number of esters is 4. The molecular weight excluding hydrogens is 540 g/mol. The van der Waals surface area contributed by atoms with Crippen molar-refractivity contribution in [1.82, 2.24) is 0 Å². The van der Waals surface area contributed by atoms with Crippen molar-refractivity contribution < 1.29 is 57.1 Å². The van der Waals surface area contributed by atoms with Gasteiger partial charge in [-0.05, 0) is 17.7 Å². The molecule has 0 aliphatic carbocycles. The number of Topliss-reactive ketones (excluding diaryl/α,β-unsaturated/α-hetero) is 1. The number of hydrogen-bond acceptors (Lipinski definition) is 12. The fourth-order valence-electron chi connectivity index (χ4n) is 4.65. The lowest BCUT2D eigenvalue weighted by molar-refractivity contribution is -0.288. The van der Waals surface area contributed by atoms with E-state index in [4.69, 9.17) is 33.2 Å². The van der Waals surface area contributed by atoms with Gasteiger partial charge >= 0.3 is 23.9 Å². The van der Waals surface area contributed by atoms with Gasteiger partial charge in [-0.1, -0.05) is 30.3 Å². The predicted octanol–water partition coefficient (Wildman–Crippen LogP) is 2.86. The highest BCUT2D eigenvalue weighted by Crippen LogP contribution is 2.38.